The fourth-order valence-corrected chi connectivity index (χ4v) is 1.79. The maximum absolute atomic E-state index is 11.7. The second kappa shape index (κ2) is 6.60. The zero-order valence-electron chi connectivity index (χ0n) is 11.3. The number of anilines is 1. The van der Waals surface area contributed by atoms with Crippen LogP contribution in [0.3, 0.4) is 0 Å². The maximum Gasteiger partial charge on any atom is 0.258 e. The molecule has 0 aliphatic carbocycles. The molecule has 0 radical (unpaired) electrons. The van der Waals surface area contributed by atoms with Crippen LogP contribution in [0.2, 0.25) is 0 Å². The summed E-state index contributed by atoms with van der Waals surface area (Å²) in [6, 6.07) is 6.94. The Hall–Kier alpha value is -2.50. The minimum absolute atomic E-state index is 0.00622. The van der Waals surface area contributed by atoms with Gasteiger partial charge in [-0.3, -0.25) is 4.79 Å². The van der Waals surface area contributed by atoms with Crippen molar-refractivity contribution >= 4 is 11.6 Å². The largest absolute Gasteiger partial charge is 0.484 e. The standard InChI is InChI=1S/C14H18N4O2/c1-11(8-18-7-6-16-10-18)17-14(19)9-20-13-4-2-12(15)3-5-13/h2-7,10-11H,8-9,15H2,1H3,(H,17,19). The van der Waals surface area contributed by atoms with Crippen molar-refractivity contribution in [1.29, 1.82) is 0 Å². The number of aromatic nitrogens is 2. The van der Waals surface area contributed by atoms with Gasteiger partial charge in [-0.05, 0) is 31.2 Å². The number of nitrogens with zero attached hydrogens (tertiary/aromatic N) is 2. The van der Waals surface area contributed by atoms with E-state index in [1.807, 2.05) is 17.7 Å². The molecule has 0 saturated carbocycles. The summed E-state index contributed by atoms with van der Waals surface area (Å²) in [7, 11) is 0. The van der Waals surface area contributed by atoms with Crippen LogP contribution in [0.15, 0.2) is 43.0 Å². The predicted octanol–water partition coefficient (Wildman–Crippen LogP) is 1.05. The van der Waals surface area contributed by atoms with Crippen LogP contribution in [-0.2, 0) is 11.3 Å². The molecule has 1 aromatic carbocycles. The molecule has 20 heavy (non-hydrogen) atoms. The summed E-state index contributed by atoms with van der Waals surface area (Å²) in [6.07, 6.45) is 5.28. The Balaban J connectivity index is 1.73. The van der Waals surface area contributed by atoms with Gasteiger partial charge in [-0.15, -0.1) is 0 Å². The van der Waals surface area contributed by atoms with E-state index in [9.17, 15) is 4.79 Å². The van der Waals surface area contributed by atoms with E-state index >= 15 is 0 Å². The first-order chi connectivity index (χ1) is 9.63. The lowest BCUT2D eigenvalue weighted by atomic mass is 10.3. The molecule has 0 bridgehead atoms. The second-order valence-corrected chi connectivity index (χ2v) is 4.59. The number of nitrogens with one attached hydrogen (secondary N) is 1. The highest BCUT2D eigenvalue weighted by atomic mass is 16.5. The highest BCUT2D eigenvalue weighted by molar-refractivity contribution is 5.77. The van der Waals surface area contributed by atoms with Crippen molar-refractivity contribution in [2.24, 2.45) is 0 Å². The molecular formula is C14H18N4O2. The number of carbonyl (C=O) groups is 1. The molecule has 2 rings (SSSR count). The summed E-state index contributed by atoms with van der Waals surface area (Å²) in [5.41, 5.74) is 6.23. The Morgan fingerprint density at radius 1 is 1.45 bits per heavy atom. The van der Waals surface area contributed by atoms with Gasteiger partial charge in [-0.2, -0.15) is 0 Å². The van der Waals surface area contributed by atoms with Crippen molar-refractivity contribution in [2.45, 2.75) is 19.5 Å². The van der Waals surface area contributed by atoms with Crippen LogP contribution >= 0.6 is 0 Å². The molecular weight excluding hydrogens is 256 g/mol. The lowest BCUT2D eigenvalue weighted by Crippen LogP contribution is -2.38. The lowest BCUT2D eigenvalue weighted by Gasteiger charge is -2.14. The van der Waals surface area contributed by atoms with Gasteiger partial charge in [0.1, 0.15) is 5.75 Å². The normalized spacial score (nSPS) is 11.8. The zero-order chi connectivity index (χ0) is 14.4. The highest BCUT2D eigenvalue weighted by Crippen LogP contribution is 2.12. The van der Waals surface area contributed by atoms with E-state index in [1.165, 1.54) is 0 Å². The minimum atomic E-state index is -0.158. The fraction of sp³-hybridized carbons (Fsp3) is 0.286. The summed E-state index contributed by atoms with van der Waals surface area (Å²) in [6.45, 7) is 2.59. The number of nitrogen functional groups attached to an aromatic ring is 1. The molecule has 0 aliphatic heterocycles. The quantitative estimate of drug-likeness (QED) is 0.771. The number of nitrogens with two attached hydrogens (primary N) is 1. The van der Waals surface area contributed by atoms with Gasteiger partial charge in [0.25, 0.3) is 5.91 Å². The maximum atomic E-state index is 11.7. The summed E-state index contributed by atoms with van der Waals surface area (Å²) >= 11 is 0. The van der Waals surface area contributed by atoms with Gasteiger partial charge in [0.2, 0.25) is 0 Å². The molecule has 0 saturated heterocycles. The molecule has 1 heterocycles. The number of imidazole rings is 1. The van der Waals surface area contributed by atoms with Crippen molar-refractivity contribution in [3.05, 3.63) is 43.0 Å². The summed E-state index contributed by atoms with van der Waals surface area (Å²) in [5, 5.41) is 2.86. The SMILES string of the molecule is CC(Cn1ccnc1)NC(=O)COc1ccc(N)cc1. The van der Waals surface area contributed by atoms with Gasteiger partial charge < -0.3 is 20.4 Å². The first-order valence-electron chi connectivity index (χ1n) is 6.37. The monoisotopic (exact) mass is 274 g/mol. The van der Waals surface area contributed by atoms with Gasteiger partial charge >= 0.3 is 0 Å². The molecule has 106 valence electrons. The van der Waals surface area contributed by atoms with Crippen molar-refractivity contribution in [1.82, 2.24) is 14.9 Å². The second-order valence-electron chi connectivity index (χ2n) is 4.59. The average molecular weight is 274 g/mol. The number of carbonyl (C=O) groups excluding carboxylic acids is 1. The number of benzene rings is 1. The third-order valence-corrected chi connectivity index (χ3v) is 2.70. The van der Waals surface area contributed by atoms with E-state index in [0.717, 1.165) is 0 Å². The van der Waals surface area contributed by atoms with Gasteiger partial charge in [0.15, 0.2) is 6.61 Å². The number of hydrogen-bond acceptors (Lipinski definition) is 4. The van der Waals surface area contributed by atoms with Crippen LogP contribution in [-0.4, -0.2) is 28.1 Å². The van der Waals surface area contributed by atoms with Crippen molar-refractivity contribution in [3.63, 3.8) is 0 Å². The van der Waals surface area contributed by atoms with Crippen molar-refractivity contribution in [3.8, 4) is 5.75 Å². The smallest absolute Gasteiger partial charge is 0.258 e. The van der Waals surface area contributed by atoms with Crippen LogP contribution in [0.4, 0.5) is 5.69 Å². The Morgan fingerprint density at radius 3 is 2.85 bits per heavy atom. The van der Waals surface area contributed by atoms with Crippen LogP contribution in [0, 0.1) is 0 Å². The molecule has 1 aromatic heterocycles. The molecule has 6 nitrogen and oxygen atoms in total. The van der Waals surface area contributed by atoms with E-state index in [2.05, 4.69) is 10.3 Å². The molecule has 0 aliphatic rings. The van der Waals surface area contributed by atoms with Gasteiger partial charge in [0, 0.05) is 30.7 Å². The van der Waals surface area contributed by atoms with E-state index in [-0.39, 0.29) is 18.6 Å². The Bertz CT molecular complexity index is 537. The molecule has 1 amide bonds. The number of amides is 1. The first kappa shape index (κ1) is 13.9. The van der Waals surface area contributed by atoms with Crippen molar-refractivity contribution < 1.29 is 9.53 Å². The first-order valence-corrected chi connectivity index (χ1v) is 6.37. The Morgan fingerprint density at radius 2 is 2.20 bits per heavy atom. The van der Waals surface area contributed by atoms with E-state index in [1.54, 1.807) is 36.8 Å². The van der Waals surface area contributed by atoms with Crippen LogP contribution in [0.1, 0.15) is 6.92 Å². The number of ether oxygens (including phenoxy) is 1. The Kier molecular flexibility index (Phi) is 4.60. The van der Waals surface area contributed by atoms with Gasteiger partial charge in [-0.25, -0.2) is 4.98 Å². The van der Waals surface area contributed by atoms with Gasteiger partial charge in [-0.1, -0.05) is 0 Å². The highest BCUT2D eigenvalue weighted by Gasteiger charge is 2.08. The number of hydrogen-bond donors (Lipinski definition) is 2. The Labute approximate surface area is 117 Å². The molecule has 6 heteroatoms. The zero-order valence-corrected chi connectivity index (χ0v) is 11.3. The molecule has 0 fully saturated rings. The lowest BCUT2D eigenvalue weighted by molar-refractivity contribution is -0.123. The van der Waals surface area contributed by atoms with E-state index in [4.69, 9.17) is 10.5 Å². The van der Waals surface area contributed by atoms with Crippen LogP contribution in [0.25, 0.3) is 0 Å². The molecule has 2 aromatic rings. The van der Waals surface area contributed by atoms with Crippen LogP contribution < -0.4 is 15.8 Å². The van der Waals surface area contributed by atoms with Crippen LogP contribution in [0.5, 0.6) is 5.75 Å². The van der Waals surface area contributed by atoms with Gasteiger partial charge in [0.05, 0.1) is 6.33 Å². The minimum Gasteiger partial charge on any atom is -0.484 e. The summed E-state index contributed by atoms with van der Waals surface area (Å²) < 4.78 is 7.28. The third kappa shape index (κ3) is 4.31. The topological polar surface area (TPSA) is 82.2 Å². The van der Waals surface area contributed by atoms with Crippen molar-refractivity contribution in [2.75, 3.05) is 12.3 Å². The summed E-state index contributed by atoms with van der Waals surface area (Å²) in [5.74, 6) is 0.464. The fourth-order valence-electron chi connectivity index (χ4n) is 1.79. The third-order valence-electron chi connectivity index (χ3n) is 2.70. The molecule has 0 spiro atoms. The van der Waals surface area contributed by atoms with E-state index < -0.39 is 0 Å². The molecule has 3 N–H and O–H groups in total. The predicted molar refractivity (Wildman–Crippen MR) is 76.2 cm³/mol. The summed E-state index contributed by atoms with van der Waals surface area (Å²) in [4.78, 5) is 15.7. The molecule has 1 unspecified atom stereocenters. The average Bonchev–Trinajstić information content (AvgIpc) is 2.90. The van der Waals surface area contributed by atoms with E-state index in [0.29, 0.717) is 18.0 Å². The number of rotatable bonds is 6. The molecule has 1 atom stereocenters.